The van der Waals surface area contributed by atoms with E-state index in [0.29, 0.717) is 0 Å². The molecule has 3 aromatic rings. The average molecular weight is 361 g/mol. The van der Waals surface area contributed by atoms with Crippen LogP contribution < -0.4 is 4.74 Å². The molecule has 2 heterocycles. The van der Waals surface area contributed by atoms with Crippen LogP contribution >= 0.6 is 11.6 Å². The van der Waals surface area contributed by atoms with E-state index in [4.69, 9.17) is 21.4 Å². The molecule has 0 saturated carbocycles. The lowest BCUT2D eigenvalue weighted by Crippen LogP contribution is -2.33. The van der Waals surface area contributed by atoms with Gasteiger partial charge in [-0.05, 0) is 23.8 Å². The molecule has 0 saturated heterocycles. The van der Waals surface area contributed by atoms with Gasteiger partial charge in [-0.1, -0.05) is 72.3 Å². The van der Waals surface area contributed by atoms with Gasteiger partial charge in [-0.3, -0.25) is 0 Å². The Bertz CT molecular complexity index is 969. The van der Waals surface area contributed by atoms with Crippen LogP contribution in [0.15, 0.2) is 84.0 Å². The second-order valence-corrected chi connectivity index (χ2v) is 7.01. The number of hydrogen-bond donors (Lipinski definition) is 0. The Labute approximate surface area is 157 Å². The molecule has 0 fully saturated rings. The summed E-state index contributed by atoms with van der Waals surface area (Å²) in [5.74, 6) is 0.940. The molecule has 2 aliphatic heterocycles. The van der Waals surface area contributed by atoms with Crippen LogP contribution in [0, 0.1) is 0 Å². The molecule has 0 spiro atoms. The fourth-order valence-corrected chi connectivity index (χ4v) is 3.81. The van der Waals surface area contributed by atoms with Gasteiger partial charge in [0.2, 0.25) is 6.23 Å². The van der Waals surface area contributed by atoms with Gasteiger partial charge in [-0.25, -0.2) is 5.01 Å². The summed E-state index contributed by atoms with van der Waals surface area (Å²) in [5.41, 5.74) is 4.46. The second-order valence-electron chi connectivity index (χ2n) is 6.57. The Morgan fingerprint density at radius 2 is 1.62 bits per heavy atom. The molecule has 0 aromatic heterocycles. The molecule has 3 aromatic carbocycles. The van der Waals surface area contributed by atoms with Crippen molar-refractivity contribution in [1.29, 1.82) is 0 Å². The van der Waals surface area contributed by atoms with Crippen LogP contribution in [0.3, 0.4) is 0 Å². The molecular formula is C22H17ClN2O. The summed E-state index contributed by atoms with van der Waals surface area (Å²) in [4.78, 5) is 0. The van der Waals surface area contributed by atoms with E-state index in [1.165, 1.54) is 5.56 Å². The first-order valence-electron chi connectivity index (χ1n) is 8.72. The number of nitrogens with zero attached hydrogens (tertiary/aromatic N) is 2. The third kappa shape index (κ3) is 2.56. The lowest BCUT2D eigenvalue weighted by atomic mass is 9.96. The average Bonchev–Trinajstić information content (AvgIpc) is 3.14. The quantitative estimate of drug-likeness (QED) is 0.595. The molecule has 26 heavy (non-hydrogen) atoms. The van der Waals surface area contributed by atoms with Crippen molar-refractivity contribution in [3.05, 3.63) is 101 Å². The zero-order chi connectivity index (χ0) is 17.5. The molecular weight excluding hydrogens is 344 g/mol. The van der Waals surface area contributed by atoms with Crippen molar-refractivity contribution < 1.29 is 4.74 Å². The predicted molar refractivity (Wildman–Crippen MR) is 103 cm³/mol. The Hall–Kier alpha value is -2.78. The Balaban J connectivity index is 1.59. The molecule has 0 radical (unpaired) electrons. The van der Waals surface area contributed by atoms with Crippen LogP contribution in [0.1, 0.15) is 35.4 Å². The highest BCUT2D eigenvalue weighted by atomic mass is 35.5. The highest BCUT2D eigenvalue weighted by molar-refractivity contribution is 6.30. The summed E-state index contributed by atoms with van der Waals surface area (Å²) >= 11 is 6.04. The monoisotopic (exact) mass is 360 g/mol. The molecule has 128 valence electrons. The topological polar surface area (TPSA) is 24.8 Å². The molecule has 5 rings (SSSR count). The van der Waals surface area contributed by atoms with Crippen LogP contribution in [-0.4, -0.2) is 10.7 Å². The number of halogens is 1. The van der Waals surface area contributed by atoms with Crippen LogP contribution in [-0.2, 0) is 0 Å². The smallest absolute Gasteiger partial charge is 0.213 e. The Kier molecular flexibility index (Phi) is 3.68. The van der Waals surface area contributed by atoms with E-state index in [9.17, 15) is 0 Å². The van der Waals surface area contributed by atoms with Crippen molar-refractivity contribution in [3.63, 3.8) is 0 Å². The normalized spacial score (nSPS) is 20.8. The summed E-state index contributed by atoms with van der Waals surface area (Å²) in [7, 11) is 0. The summed E-state index contributed by atoms with van der Waals surface area (Å²) in [6.07, 6.45) is 0.631. The van der Waals surface area contributed by atoms with Gasteiger partial charge in [-0.15, -0.1) is 0 Å². The number of hydrazone groups is 1. The minimum atomic E-state index is -0.221. The van der Waals surface area contributed by atoms with E-state index in [-0.39, 0.29) is 12.3 Å². The fourth-order valence-electron chi connectivity index (χ4n) is 3.69. The Morgan fingerprint density at radius 1 is 0.885 bits per heavy atom. The van der Waals surface area contributed by atoms with E-state index in [0.717, 1.165) is 34.0 Å². The van der Waals surface area contributed by atoms with E-state index in [1.807, 2.05) is 54.6 Å². The van der Waals surface area contributed by atoms with Crippen LogP contribution in [0.2, 0.25) is 5.02 Å². The van der Waals surface area contributed by atoms with Gasteiger partial charge in [0.25, 0.3) is 0 Å². The maximum Gasteiger partial charge on any atom is 0.213 e. The van der Waals surface area contributed by atoms with E-state index in [2.05, 4.69) is 29.3 Å². The zero-order valence-corrected chi connectivity index (χ0v) is 14.8. The first-order valence-corrected chi connectivity index (χ1v) is 9.10. The number of para-hydroxylation sites is 1. The van der Waals surface area contributed by atoms with Crippen LogP contribution in [0.25, 0.3) is 0 Å². The molecule has 0 bridgehead atoms. The maximum absolute atomic E-state index is 6.33. The van der Waals surface area contributed by atoms with Crippen molar-refractivity contribution in [2.24, 2.45) is 5.10 Å². The third-order valence-electron chi connectivity index (χ3n) is 4.96. The third-order valence-corrected chi connectivity index (χ3v) is 5.21. The highest BCUT2D eigenvalue weighted by Crippen LogP contribution is 2.47. The first kappa shape index (κ1) is 15.5. The van der Waals surface area contributed by atoms with Gasteiger partial charge in [-0.2, -0.15) is 5.10 Å². The first-order chi connectivity index (χ1) is 12.8. The maximum atomic E-state index is 6.33. The van der Waals surface area contributed by atoms with E-state index in [1.54, 1.807) is 0 Å². The minimum absolute atomic E-state index is 0.177. The van der Waals surface area contributed by atoms with Gasteiger partial charge in [0.05, 0.1) is 11.8 Å². The van der Waals surface area contributed by atoms with Gasteiger partial charge in [0.1, 0.15) is 5.75 Å². The SMILES string of the molecule is Clc1ccc(C2=NN3C(C2)c2ccccc2OC3c2ccccc2)cc1. The minimum Gasteiger partial charge on any atom is -0.464 e. The van der Waals surface area contributed by atoms with E-state index < -0.39 is 0 Å². The molecule has 0 aliphatic carbocycles. The van der Waals surface area contributed by atoms with Crippen LogP contribution in [0.5, 0.6) is 5.75 Å². The van der Waals surface area contributed by atoms with Crippen molar-refractivity contribution >= 4 is 17.3 Å². The molecule has 4 heteroatoms. The molecule has 0 N–H and O–H groups in total. The highest BCUT2D eigenvalue weighted by Gasteiger charge is 2.40. The summed E-state index contributed by atoms with van der Waals surface area (Å²) in [5, 5.41) is 7.78. The number of ether oxygens (including phenoxy) is 1. The lowest BCUT2D eigenvalue weighted by molar-refractivity contribution is -0.0190. The van der Waals surface area contributed by atoms with Gasteiger partial charge in [0, 0.05) is 22.6 Å². The zero-order valence-electron chi connectivity index (χ0n) is 14.0. The van der Waals surface area contributed by atoms with Gasteiger partial charge < -0.3 is 4.74 Å². The lowest BCUT2D eigenvalue weighted by Gasteiger charge is -2.38. The standard InChI is InChI=1S/C22H17ClN2O/c23-17-12-10-15(11-13-17)19-14-20-18-8-4-5-9-21(18)26-22(25(20)24-19)16-6-2-1-3-7-16/h1-13,20,22H,14H2. The van der Waals surface area contributed by atoms with Gasteiger partial charge in [0.15, 0.2) is 0 Å². The largest absolute Gasteiger partial charge is 0.464 e. The second kappa shape index (κ2) is 6.19. The number of benzene rings is 3. The van der Waals surface area contributed by atoms with Crippen molar-refractivity contribution in [1.82, 2.24) is 5.01 Å². The van der Waals surface area contributed by atoms with Crippen LogP contribution in [0.4, 0.5) is 0 Å². The number of fused-ring (bicyclic) bond motifs is 3. The van der Waals surface area contributed by atoms with Crippen molar-refractivity contribution in [2.75, 3.05) is 0 Å². The number of hydrogen-bond acceptors (Lipinski definition) is 3. The molecule has 2 unspecified atom stereocenters. The molecule has 2 atom stereocenters. The summed E-state index contributed by atoms with van der Waals surface area (Å²) in [6.45, 7) is 0. The molecule has 0 amide bonds. The molecule has 3 nitrogen and oxygen atoms in total. The molecule has 2 aliphatic rings. The summed E-state index contributed by atoms with van der Waals surface area (Å²) in [6, 6.07) is 26.6. The Morgan fingerprint density at radius 3 is 2.42 bits per heavy atom. The van der Waals surface area contributed by atoms with Crippen molar-refractivity contribution in [2.45, 2.75) is 18.7 Å². The fraction of sp³-hybridized carbons (Fsp3) is 0.136. The number of rotatable bonds is 2. The summed E-state index contributed by atoms with van der Waals surface area (Å²) < 4.78 is 6.33. The van der Waals surface area contributed by atoms with Gasteiger partial charge >= 0.3 is 0 Å². The van der Waals surface area contributed by atoms with E-state index >= 15 is 0 Å². The van der Waals surface area contributed by atoms with Crippen molar-refractivity contribution in [3.8, 4) is 5.75 Å². The predicted octanol–water partition coefficient (Wildman–Crippen LogP) is 5.58.